The van der Waals surface area contributed by atoms with Gasteiger partial charge in [-0.2, -0.15) is 13.2 Å². The van der Waals surface area contributed by atoms with Crippen molar-refractivity contribution >= 4 is 23.0 Å². The highest BCUT2D eigenvalue weighted by Crippen LogP contribution is 2.41. The fourth-order valence-corrected chi connectivity index (χ4v) is 5.90. The number of carbonyl (C=O) groups is 1. The number of benzene rings is 1. The first-order valence-corrected chi connectivity index (χ1v) is 13.7. The summed E-state index contributed by atoms with van der Waals surface area (Å²) < 4.78 is 46.0. The van der Waals surface area contributed by atoms with Crippen LogP contribution in [-0.2, 0) is 6.54 Å². The van der Waals surface area contributed by atoms with Gasteiger partial charge in [-0.15, -0.1) is 0 Å². The molecule has 2 aliphatic carbocycles. The monoisotopic (exact) mass is 544 g/mol. The smallest absolute Gasteiger partial charge is 0.413 e. The number of aromatic nitrogens is 4. The predicted octanol–water partition coefficient (Wildman–Crippen LogP) is 6.04. The summed E-state index contributed by atoms with van der Waals surface area (Å²) in [4.78, 5) is 26.9. The molecule has 0 amide bonds. The maximum absolute atomic E-state index is 14.9. The van der Waals surface area contributed by atoms with E-state index in [1.165, 1.54) is 16.7 Å². The summed E-state index contributed by atoms with van der Waals surface area (Å²) in [6.45, 7) is 2.12. The van der Waals surface area contributed by atoms with E-state index in [1.54, 1.807) is 18.2 Å². The highest BCUT2D eigenvalue weighted by molar-refractivity contribution is 5.91. The Bertz CT molecular complexity index is 1300. The zero-order valence-electron chi connectivity index (χ0n) is 22.3. The van der Waals surface area contributed by atoms with Crippen LogP contribution < -0.4 is 5.32 Å². The van der Waals surface area contributed by atoms with Crippen LogP contribution in [0.1, 0.15) is 86.3 Å². The molecule has 0 bridgehead atoms. The minimum atomic E-state index is -4.66. The molecular formula is C28H35F3N6O2. The number of alkyl halides is 3. The molecule has 2 aliphatic rings. The van der Waals surface area contributed by atoms with Crippen molar-refractivity contribution in [2.45, 2.75) is 89.1 Å². The van der Waals surface area contributed by atoms with Crippen LogP contribution in [0.3, 0.4) is 0 Å². The van der Waals surface area contributed by atoms with Crippen LogP contribution in [0.15, 0.2) is 30.3 Å². The Morgan fingerprint density at radius 2 is 1.77 bits per heavy atom. The van der Waals surface area contributed by atoms with Crippen molar-refractivity contribution in [3.05, 3.63) is 47.5 Å². The molecule has 5 rings (SSSR count). The molecule has 210 valence electrons. The molecule has 0 radical (unpaired) electrons. The number of rotatable bonds is 9. The highest BCUT2D eigenvalue weighted by atomic mass is 19.4. The summed E-state index contributed by atoms with van der Waals surface area (Å²) in [5.41, 5.74) is 0.0819. The number of carboxylic acids is 1. The molecule has 2 aromatic heterocycles. The van der Waals surface area contributed by atoms with Gasteiger partial charge < -0.3 is 15.0 Å². The summed E-state index contributed by atoms with van der Waals surface area (Å²) in [7, 11) is 1.91. The van der Waals surface area contributed by atoms with E-state index in [9.17, 15) is 23.1 Å². The first-order chi connectivity index (χ1) is 18.6. The van der Waals surface area contributed by atoms with Crippen molar-refractivity contribution < 1.29 is 23.1 Å². The molecule has 1 unspecified atom stereocenters. The fraction of sp³-hybridized carbons (Fsp3) is 0.571. The SMILES string of the molecule is CC(Nc1nc(C(=O)O)nc2nc(CN(C)C3CCCCC3)n([C@H](c3ccccc3)C(F)(F)F)c12)C1CCC1. The van der Waals surface area contributed by atoms with E-state index >= 15 is 0 Å². The van der Waals surface area contributed by atoms with Crippen LogP contribution in [-0.4, -0.2) is 60.8 Å². The Kier molecular flexibility index (Phi) is 7.80. The van der Waals surface area contributed by atoms with Gasteiger partial charge in [-0.05, 0) is 51.1 Å². The van der Waals surface area contributed by atoms with Gasteiger partial charge in [-0.25, -0.2) is 19.7 Å². The molecule has 2 N–H and O–H groups in total. The first kappa shape index (κ1) is 27.4. The van der Waals surface area contributed by atoms with E-state index in [1.807, 2.05) is 14.0 Å². The number of nitrogens with zero attached hydrogens (tertiary/aromatic N) is 5. The molecule has 2 atom stereocenters. The maximum atomic E-state index is 14.9. The van der Waals surface area contributed by atoms with Crippen LogP contribution in [0.2, 0.25) is 0 Å². The van der Waals surface area contributed by atoms with Gasteiger partial charge in [-0.3, -0.25) is 4.90 Å². The van der Waals surface area contributed by atoms with Gasteiger partial charge in [0.05, 0.1) is 6.54 Å². The molecule has 2 saturated carbocycles. The van der Waals surface area contributed by atoms with E-state index in [0.717, 1.165) is 51.4 Å². The Labute approximate surface area is 225 Å². The van der Waals surface area contributed by atoms with E-state index in [4.69, 9.17) is 0 Å². The number of carboxylic acid groups (broad SMARTS) is 1. The summed E-state index contributed by atoms with van der Waals surface area (Å²) in [5.74, 6) is -1.27. The number of nitrogens with one attached hydrogen (secondary N) is 1. The van der Waals surface area contributed by atoms with Crippen molar-refractivity contribution in [2.24, 2.45) is 5.92 Å². The standard InChI is InChI=1S/C28H35F3N6O2/c1-17(18-12-9-13-18)32-24-22-25(35-26(34-24)27(38)39)33-21(16-36(2)20-14-7-4-8-15-20)37(22)23(28(29,30)31)19-10-5-3-6-11-19/h3,5-6,10-11,17-18,20,23H,4,7-9,12-16H2,1-2H3,(H,38,39)(H,32,34,35)/t17?,23-/m1/s1. The second kappa shape index (κ2) is 11.1. The molecular weight excluding hydrogens is 509 g/mol. The minimum absolute atomic E-state index is 0.0528. The molecule has 8 nitrogen and oxygen atoms in total. The van der Waals surface area contributed by atoms with Crippen LogP contribution in [0.4, 0.5) is 19.0 Å². The molecule has 11 heteroatoms. The van der Waals surface area contributed by atoms with Gasteiger partial charge in [0.15, 0.2) is 17.5 Å². The minimum Gasteiger partial charge on any atom is -0.475 e. The number of imidazole rings is 1. The third-order valence-electron chi connectivity index (χ3n) is 8.30. The summed E-state index contributed by atoms with van der Waals surface area (Å²) in [6.07, 6.45) is 3.72. The maximum Gasteiger partial charge on any atom is 0.413 e. The van der Waals surface area contributed by atoms with E-state index in [-0.39, 0.29) is 47.0 Å². The van der Waals surface area contributed by atoms with Crippen LogP contribution in [0.5, 0.6) is 0 Å². The van der Waals surface area contributed by atoms with Gasteiger partial charge in [-0.1, -0.05) is 56.0 Å². The van der Waals surface area contributed by atoms with Gasteiger partial charge in [0.25, 0.3) is 0 Å². The Morgan fingerprint density at radius 1 is 1.08 bits per heavy atom. The molecule has 3 aromatic rings. The van der Waals surface area contributed by atoms with Gasteiger partial charge in [0.1, 0.15) is 11.3 Å². The number of anilines is 1. The van der Waals surface area contributed by atoms with Crippen molar-refractivity contribution in [2.75, 3.05) is 12.4 Å². The molecule has 1 aromatic carbocycles. The Balaban J connectivity index is 1.70. The molecule has 2 fully saturated rings. The van der Waals surface area contributed by atoms with Crippen LogP contribution in [0.25, 0.3) is 11.2 Å². The zero-order valence-corrected chi connectivity index (χ0v) is 22.3. The topological polar surface area (TPSA) is 96.2 Å². The third-order valence-corrected chi connectivity index (χ3v) is 8.30. The number of aromatic carboxylic acids is 1. The van der Waals surface area contributed by atoms with Crippen LogP contribution >= 0.6 is 0 Å². The number of hydrogen-bond acceptors (Lipinski definition) is 6. The van der Waals surface area contributed by atoms with Crippen molar-refractivity contribution in [1.29, 1.82) is 0 Å². The van der Waals surface area contributed by atoms with E-state index in [2.05, 4.69) is 25.2 Å². The van der Waals surface area contributed by atoms with Crippen molar-refractivity contribution in [3.63, 3.8) is 0 Å². The van der Waals surface area contributed by atoms with Crippen molar-refractivity contribution in [3.8, 4) is 0 Å². The fourth-order valence-electron chi connectivity index (χ4n) is 5.90. The second-order valence-electron chi connectivity index (χ2n) is 11.0. The highest BCUT2D eigenvalue weighted by Gasteiger charge is 2.45. The second-order valence-corrected chi connectivity index (χ2v) is 11.0. The molecule has 0 spiro atoms. The molecule has 0 saturated heterocycles. The van der Waals surface area contributed by atoms with Gasteiger partial charge in [0.2, 0.25) is 5.82 Å². The zero-order chi connectivity index (χ0) is 27.7. The predicted molar refractivity (Wildman–Crippen MR) is 142 cm³/mol. The Morgan fingerprint density at radius 3 is 2.36 bits per heavy atom. The Hall–Kier alpha value is -3.21. The van der Waals surface area contributed by atoms with Crippen LogP contribution in [0, 0.1) is 5.92 Å². The lowest BCUT2D eigenvalue weighted by Gasteiger charge is -2.33. The lowest BCUT2D eigenvalue weighted by Crippen LogP contribution is -2.36. The number of hydrogen-bond donors (Lipinski definition) is 2. The van der Waals surface area contributed by atoms with E-state index < -0.39 is 24.0 Å². The first-order valence-electron chi connectivity index (χ1n) is 13.7. The number of halogens is 3. The average molecular weight is 545 g/mol. The normalized spacial score (nSPS) is 18.7. The van der Waals surface area contributed by atoms with Gasteiger partial charge >= 0.3 is 12.1 Å². The quantitative estimate of drug-likeness (QED) is 0.339. The lowest BCUT2D eigenvalue weighted by molar-refractivity contribution is -0.156. The molecule has 39 heavy (non-hydrogen) atoms. The number of fused-ring (bicyclic) bond motifs is 1. The lowest BCUT2D eigenvalue weighted by atomic mass is 9.80. The molecule has 2 heterocycles. The average Bonchev–Trinajstić information content (AvgIpc) is 3.20. The largest absolute Gasteiger partial charge is 0.475 e. The summed E-state index contributed by atoms with van der Waals surface area (Å²) in [6, 6.07) is 5.84. The summed E-state index contributed by atoms with van der Waals surface area (Å²) in [5, 5.41) is 13.0. The van der Waals surface area contributed by atoms with Crippen molar-refractivity contribution in [1.82, 2.24) is 24.4 Å². The van der Waals surface area contributed by atoms with E-state index in [0.29, 0.717) is 5.92 Å². The molecule has 0 aliphatic heterocycles. The third kappa shape index (κ3) is 5.73. The van der Waals surface area contributed by atoms with Gasteiger partial charge in [0, 0.05) is 12.1 Å². The summed E-state index contributed by atoms with van der Waals surface area (Å²) >= 11 is 0.